The molecule has 12 aromatic rings. The van der Waals surface area contributed by atoms with Crippen molar-refractivity contribution in [3.63, 3.8) is 0 Å². The summed E-state index contributed by atoms with van der Waals surface area (Å²) in [5.74, 6) is 0. The molecule has 0 saturated carbocycles. The highest BCUT2D eigenvalue weighted by Gasteiger charge is 2.20. The number of hydrogen-bond acceptors (Lipinski definition) is 1. The van der Waals surface area contributed by atoms with E-state index in [0.717, 1.165) is 49.7 Å². The molecule has 0 spiro atoms. The van der Waals surface area contributed by atoms with Crippen molar-refractivity contribution < 1.29 is 9.60 Å². The molecule has 0 aliphatic heterocycles. The lowest BCUT2D eigenvalue weighted by atomic mass is 9.97. The van der Waals surface area contributed by atoms with E-state index < -0.39 is 12.1 Å². The van der Waals surface area contributed by atoms with Gasteiger partial charge in [0.25, 0.3) is 0 Å². The smallest absolute Gasteiger partial charge is 0.0645 e. The molecule has 0 saturated heterocycles. The largest absolute Gasteiger partial charge is 0.309 e. The van der Waals surface area contributed by atoms with Crippen LogP contribution in [-0.4, -0.2) is 9.13 Å². The molecule has 0 aliphatic carbocycles. The monoisotopic (exact) mass is 749 g/mol. The van der Waals surface area contributed by atoms with E-state index in [1.54, 1.807) is 15.9 Å². The molecule has 0 bridgehead atoms. The van der Waals surface area contributed by atoms with Crippen molar-refractivity contribution in [3.8, 4) is 44.8 Å². The third-order valence-corrected chi connectivity index (χ3v) is 12.4. The van der Waals surface area contributed by atoms with Crippen LogP contribution in [-0.2, 0) is 0 Å². The molecule has 57 heavy (non-hydrogen) atoms. The number of thiophene rings is 1. The van der Waals surface area contributed by atoms with Crippen molar-refractivity contribution in [1.29, 1.82) is 0 Å². The molecule has 3 heteroatoms. The molecule has 0 radical (unpaired) electrons. The first-order valence-corrected chi connectivity index (χ1v) is 19.8. The fourth-order valence-corrected chi connectivity index (χ4v) is 9.81. The Bertz CT molecular complexity index is 3910. The molecule has 3 aromatic heterocycles. The summed E-state index contributed by atoms with van der Waals surface area (Å²) in [6, 6.07) is 53.2. The SMILES string of the molecule is [2H]c1c([2H])c([2H])c2c(c1[2H])c1c([2H])c(-c3ccc4c(c3)c3c(-c5ccccc5)cccc3n4-c3cccc4c3sc3ccccc34)c([2H])c([2H])c1n2-c1ccc(-c2ccccc2)cc1. The van der Waals surface area contributed by atoms with Crippen LogP contribution in [0.15, 0.2) is 206 Å². The zero-order chi connectivity index (χ0) is 43.5. The van der Waals surface area contributed by atoms with Gasteiger partial charge in [-0.1, -0.05) is 145 Å². The molecule has 0 atom stereocenters. The van der Waals surface area contributed by atoms with Crippen LogP contribution in [0.5, 0.6) is 0 Å². The van der Waals surface area contributed by atoms with Crippen LogP contribution in [0.3, 0.4) is 0 Å². The normalized spacial score (nSPS) is 13.6. The molecule has 12 rings (SSSR count). The summed E-state index contributed by atoms with van der Waals surface area (Å²) in [5.41, 5.74) is 8.74. The molecular weight excluding hydrogens is 709 g/mol. The first-order valence-electron chi connectivity index (χ1n) is 22.4. The second kappa shape index (κ2) is 12.7. The van der Waals surface area contributed by atoms with Crippen molar-refractivity contribution in [2.45, 2.75) is 0 Å². The van der Waals surface area contributed by atoms with Gasteiger partial charge in [0.05, 0.1) is 42.0 Å². The summed E-state index contributed by atoms with van der Waals surface area (Å²) in [6.45, 7) is 0. The van der Waals surface area contributed by atoms with E-state index in [1.807, 2.05) is 91.0 Å². The second-order valence-electron chi connectivity index (χ2n) is 14.3. The molecule has 2 nitrogen and oxygen atoms in total. The highest BCUT2D eigenvalue weighted by molar-refractivity contribution is 7.26. The minimum atomic E-state index is -0.422. The summed E-state index contributed by atoms with van der Waals surface area (Å²) in [6.07, 6.45) is 0. The molecule has 3 heterocycles. The number of benzene rings is 9. The summed E-state index contributed by atoms with van der Waals surface area (Å²) in [4.78, 5) is 0. The molecule has 0 fully saturated rings. The number of hydrogen-bond donors (Lipinski definition) is 0. The summed E-state index contributed by atoms with van der Waals surface area (Å²) < 4.78 is 71.4. The average molecular weight is 750 g/mol. The van der Waals surface area contributed by atoms with Crippen LogP contribution < -0.4 is 0 Å². The highest BCUT2D eigenvalue weighted by atomic mass is 32.1. The van der Waals surface area contributed by atoms with Crippen molar-refractivity contribution in [2.24, 2.45) is 0 Å². The van der Waals surface area contributed by atoms with Gasteiger partial charge in [0.2, 0.25) is 0 Å². The standard InChI is InChI=1S/C54H34N2S/c1-3-13-35(14-4-1)36-25-29-40(30-26-36)55-47-21-9-7-17-42(47)45-33-38(27-31-48(45)55)39-28-32-49-46(34-39)53-41(37-15-5-2-6-16-37)19-11-22-50(53)56(49)51-23-12-20-44-43-18-8-10-24-52(43)57-54(44)51/h1-34H/i7D,9D,17D,21D,27D,31D,33D. The fraction of sp³-hybridized carbons (Fsp3) is 0. The second-order valence-corrected chi connectivity index (χ2v) is 15.4. The first kappa shape index (κ1) is 25.8. The maximum absolute atomic E-state index is 9.97. The first-order chi connectivity index (χ1) is 31.2. The summed E-state index contributed by atoms with van der Waals surface area (Å²) in [5, 5.41) is 4.67. The van der Waals surface area contributed by atoms with Gasteiger partial charge in [-0.05, 0) is 94.0 Å². The number of fused-ring (bicyclic) bond motifs is 9. The van der Waals surface area contributed by atoms with Crippen LogP contribution >= 0.6 is 11.3 Å². The lowest BCUT2D eigenvalue weighted by molar-refractivity contribution is 1.18. The molecule has 0 amide bonds. The van der Waals surface area contributed by atoms with E-state index in [-0.39, 0.29) is 57.6 Å². The third kappa shape index (κ3) is 4.96. The van der Waals surface area contributed by atoms with E-state index in [4.69, 9.17) is 4.11 Å². The third-order valence-electron chi connectivity index (χ3n) is 11.2. The Kier molecular flexibility index (Phi) is 5.74. The van der Waals surface area contributed by atoms with Gasteiger partial charge in [-0.2, -0.15) is 0 Å². The van der Waals surface area contributed by atoms with E-state index in [0.29, 0.717) is 11.3 Å². The van der Waals surface area contributed by atoms with E-state index >= 15 is 0 Å². The van der Waals surface area contributed by atoms with Gasteiger partial charge >= 0.3 is 0 Å². The molecule has 0 N–H and O–H groups in total. The zero-order valence-corrected chi connectivity index (χ0v) is 31.2. The van der Waals surface area contributed by atoms with Crippen molar-refractivity contribution in [2.75, 3.05) is 0 Å². The molecule has 266 valence electrons. The number of rotatable bonds is 5. The van der Waals surface area contributed by atoms with Gasteiger partial charge in [0, 0.05) is 42.7 Å². The Morgan fingerprint density at radius 2 is 1.11 bits per heavy atom. The number of nitrogens with zero attached hydrogens (tertiary/aromatic N) is 2. The maximum atomic E-state index is 9.97. The van der Waals surface area contributed by atoms with Gasteiger partial charge in [-0.3, -0.25) is 0 Å². The average Bonchev–Trinajstić information content (AvgIpc) is 4.01. The Balaban J connectivity index is 1.15. The van der Waals surface area contributed by atoms with Gasteiger partial charge in [0.15, 0.2) is 0 Å². The predicted molar refractivity (Wildman–Crippen MR) is 244 cm³/mol. The molecule has 0 unspecified atom stereocenters. The number of para-hydroxylation sites is 1. The zero-order valence-electron chi connectivity index (χ0n) is 37.4. The van der Waals surface area contributed by atoms with E-state index in [1.165, 1.54) is 20.2 Å². The summed E-state index contributed by atoms with van der Waals surface area (Å²) >= 11 is 1.77. The highest BCUT2D eigenvalue weighted by Crippen LogP contribution is 2.44. The topological polar surface area (TPSA) is 9.86 Å². The molecule has 0 aliphatic rings. The molecule has 9 aromatic carbocycles. The quantitative estimate of drug-likeness (QED) is 0.166. The Hall–Kier alpha value is -7.20. The Morgan fingerprint density at radius 3 is 1.96 bits per heavy atom. The van der Waals surface area contributed by atoms with Crippen LogP contribution in [0.4, 0.5) is 0 Å². The van der Waals surface area contributed by atoms with E-state index in [2.05, 4.69) is 77.4 Å². The van der Waals surface area contributed by atoms with Gasteiger partial charge in [-0.25, -0.2) is 0 Å². The van der Waals surface area contributed by atoms with E-state index in [9.17, 15) is 5.48 Å². The van der Waals surface area contributed by atoms with Crippen molar-refractivity contribution in [3.05, 3.63) is 206 Å². The summed E-state index contributed by atoms with van der Waals surface area (Å²) in [7, 11) is 0. The minimum absolute atomic E-state index is 0.0768. The lowest BCUT2D eigenvalue weighted by Crippen LogP contribution is -1.94. The maximum Gasteiger partial charge on any atom is 0.0645 e. The van der Waals surface area contributed by atoms with Crippen molar-refractivity contribution in [1.82, 2.24) is 9.13 Å². The Morgan fingerprint density at radius 1 is 0.404 bits per heavy atom. The predicted octanol–water partition coefficient (Wildman–Crippen LogP) is 15.2. The van der Waals surface area contributed by atoms with Crippen LogP contribution in [0.2, 0.25) is 0 Å². The van der Waals surface area contributed by atoms with Crippen molar-refractivity contribution >= 4 is 75.1 Å². The van der Waals surface area contributed by atoms with Crippen LogP contribution in [0.25, 0.3) is 109 Å². The fourth-order valence-electron chi connectivity index (χ4n) is 8.60. The van der Waals surface area contributed by atoms with Crippen LogP contribution in [0, 0.1) is 0 Å². The lowest BCUT2D eigenvalue weighted by Gasteiger charge is -2.11. The molecular formula is C54H34N2S. The minimum Gasteiger partial charge on any atom is -0.309 e. The van der Waals surface area contributed by atoms with Gasteiger partial charge < -0.3 is 9.13 Å². The number of aromatic nitrogens is 2. The van der Waals surface area contributed by atoms with Gasteiger partial charge in [-0.15, -0.1) is 11.3 Å². The van der Waals surface area contributed by atoms with Gasteiger partial charge in [0.1, 0.15) is 0 Å². The Labute approximate surface area is 343 Å². The van der Waals surface area contributed by atoms with Crippen LogP contribution in [0.1, 0.15) is 9.60 Å².